The lowest BCUT2D eigenvalue weighted by Gasteiger charge is -2.34. The van der Waals surface area contributed by atoms with Gasteiger partial charge in [-0.25, -0.2) is 4.39 Å². The van der Waals surface area contributed by atoms with Gasteiger partial charge in [0.1, 0.15) is 12.3 Å². The second kappa shape index (κ2) is 5.95. The number of halogens is 1. The van der Waals surface area contributed by atoms with Crippen molar-refractivity contribution in [2.45, 2.75) is 44.1 Å². The maximum Gasteiger partial charge on any atom is 0.252 e. The third kappa shape index (κ3) is 2.99. The van der Waals surface area contributed by atoms with Crippen molar-refractivity contribution in [1.82, 2.24) is 10.2 Å². The molecule has 3 N–H and O–H groups in total. The Morgan fingerprint density at radius 1 is 1.61 bits per heavy atom. The summed E-state index contributed by atoms with van der Waals surface area (Å²) in [5, 5.41) is 2.99. The van der Waals surface area contributed by atoms with Gasteiger partial charge < -0.3 is 20.7 Å². The number of amides is 1. The molecule has 0 aromatic rings. The molecule has 2 heterocycles. The van der Waals surface area contributed by atoms with Crippen molar-refractivity contribution >= 4 is 5.91 Å². The summed E-state index contributed by atoms with van der Waals surface area (Å²) in [6, 6.07) is -0.373. The largest absolute Gasteiger partial charge is 0.367 e. The molecule has 0 bridgehead atoms. The van der Waals surface area contributed by atoms with E-state index in [2.05, 4.69) is 5.32 Å². The molecule has 6 heteroatoms. The van der Waals surface area contributed by atoms with E-state index in [9.17, 15) is 9.18 Å². The minimum absolute atomic E-state index is 0.0785. The van der Waals surface area contributed by atoms with Gasteiger partial charge in [-0.2, -0.15) is 0 Å². The summed E-state index contributed by atoms with van der Waals surface area (Å²) in [6.07, 6.45) is -0.0947. The predicted octanol–water partition coefficient (Wildman–Crippen LogP) is -0.349. The minimum atomic E-state index is -0.977. The number of hydrogen-bond donors (Lipinski definition) is 2. The highest BCUT2D eigenvalue weighted by atomic mass is 19.1. The Balaban J connectivity index is 1.89. The molecule has 18 heavy (non-hydrogen) atoms. The smallest absolute Gasteiger partial charge is 0.252 e. The molecule has 0 unspecified atom stereocenters. The van der Waals surface area contributed by atoms with Crippen molar-refractivity contribution in [3.05, 3.63) is 0 Å². The van der Waals surface area contributed by atoms with E-state index < -0.39 is 12.3 Å². The standard InChI is InChI=1S/C12H22FN3O2/c1-8(14)7-18-11-3-5-16(12(11)17)10-2-4-15-6-9(10)13/h8-11,15H,2-7,14H2,1H3/t8-,9+,10-,11+/m0/s1. The van der Waals surface area contributed by atoms with Gasteiger partial charge in [-0.05, 0) is 19.9 Å². The number of carbonyl (C=O) groups excluding carboxylic acids is 1. The molecule has 2 rings (SSSR count). The molecule has 2 aliphatic heterocycles. The Morgan fingerprint density at radius 3 is 3.06 bits per heavy atom. The lowest BCUT2D eigenvalue weighted by molar-refractivity contribution is -0.141. The first-order valence-corrected chi connectivity index (χ1v) is 6.62. The quantitative estimate of drug-likeness (QED) is 0.724. The number of nitrogens with two attached hydrogens (primary N) is 1. The average Bonchev–Trinajstić information content (AvgIpc) is 2.69. The molecule has 1 amide bonds. The van der Waals surface area contributed by atoms with Gasteiger partial charge in [0.05, 0.1) is 12.6 Å². The lowest BCUT2D eigenvalue weighted by Crippen LogP contribution is -2.52. The Labute approximate surface area is 107 Å². The number of hydrogen-bond acceptors (Lipinski definition) is 4. The number of rotatable bonds is 4. The van der Waals surface area contributed by atoms with Gasteiger partial charge in [-0.1, -0.05) is 0 Å². The Morgan fingerprint density at radius 2 is 2.39 bits per heavy atom. The van der Waals surface area contributed by atoms with Crippen LogP contribution in [0.1, 0.15) is 19.8 Å². The van der Waals surface area contributed by atoms with Crippen LogP contribution in [0.25, 0.3) is 0 Å². The van der Waals surface area contributed by atoms with Gasteiger partial charge in [0.15, 0.2) is 0 Å². The van der Waals surface area contributed by atoms with Crippen LogP contribution in [0.3, 0.4) is 0 Å². The van der Waals surface area contributed by atoms with Crippen LogP contribution in [0.4, 0.5) is 4.39 Å². The number of carbonyl (C=O) groups is 1. The van der Waals surface area contributed by atoms with Crippen LogP contribution in [0.15, 0.2) is 0 Å². The monoisotopic (exact) mass is 259 g/mol. The first kappa shape index (κ1) is 13.7. The zero-order chi connectivity index (χ0) is 13.1. The maximum atomic E-state index is 13.8. The zero-order valence-corrected chi connectivity index (χ0v) is 10.8. The first-order chi connectivity index (χ1) is 8.59. The normalized spacial score (nSPS) is 34.9. The van der Waals surface area contributed by atoms with Crippen molar-refractivity contribution in [3.63, 3.8) is 0 Å². The van der Waals surface area contributed by atoms with Gasteiger partial charge >= 0.3 is 0 Å². The fraction of sp³-hybridized carbons (Fsp3) is 0.917. The van der Waals surface area contributed by atoms with E-state index in [1.807, 2.05) is 6.92 Å². The SMILES string of the molecule is C[C@H](N)CO[C@@H]1CCN([C@H]2CCNC[C@H]2F)C1=O. The minimum Gasteiger partial charge on any atom is -0.367 e. The molecule has 2 fully saturated rings. The van der Waals surface area contributed by atoms with Gasteiger partial charge in [0.25, 0.3) is 5.91 Å². The van der Waals surface area contributed by atoms with Crippen molar-refractivity contribution in [3.8, 4) is 0 Å². The van der Waals surface area contributed by atoms with Crippen LogP contribution in [-0.2, 0) is 9.53 Å². The zero-order valence-electron chi connectivity index (χ0n) is 10.8. The van der Waals surface area contributed by atoms with E-state index in [1.54, 1.807) is 4.90 Å². The fourth-order valence-electron chi connectivity index (χ4n) is 2.58. The Kier molecular flexibility index (Phi) is 4.53. The molecular weight excluding hydrogens is 237 g/mol. The molecule has 0 radical (unpaired) electrons. The Bertz CT molecular complexity index is 301. The third-order valence-electron chi connectivity index (χ3n) is 3.53. The molecule has 104 valence electrons. The van der Waals surface area contributed by atoms with E-state index in [4.69, 9.17) is 10.5 Å². The van der Waals surface area contributed by atoms with E-state index in [0.29, 0.717) is 32.5 Å². The van der Waals surface area contributed by atoms with E-state index in [0.717, 1.165) is 6.54 Å². The molecule has 2 aliphatic rings. The summed E-state index contributed by atoms with van der Waals surface area (Å²) in [5.74, 6) is -0.0785. The summed E-state index contributed by atoms with van der Waals surface area (Å²) in [5.41, 5.74) is 5.60. The summed E-state index contributed by atoms with van der Waals surface area (Å²) >= 11 is 0. The summed E-state index contributed by atoms with van der Waals surface area (Å²) in [6.45, 7) is 3.89. The topological polar surface area (TPSA) is 67.6 Å². The van der Waals surface area contributed by atoms with Crippen molar-refractivity contribution in [2.75, 3.05) is 26.2 Å². The van der Waals surface area contributed by atoms with Gasteiger partial charge in [0.2, 0.25) is 0 Å². The number of nitrogens with zero attached hydrogens (tertiary/aromatic N) is 1. The van der Waals surface area contributed by atoms with E-state index in [1.165, 1.54) is 0 Å². The highest BCUT2D eigenvalue weighted by Crippen LogP contribution is 2.23. The molecule has 4 atom stereocenters. The number of nitrogens with one attached hydrogen (secondary N) is 1. The second-order valence-corrected chi connectivity index (χ2v) is 5.20. The number of ether oxygens (including phenoxy) is 1. The average molecular weight is 259 g/mol. The van der Waals surface area contributed by atoms with Gasteiger partial charge in [-0.3, -0.25) is 4.79 Å². The van der Waals surface area contributed by atoms with Crippen LogP contribution < -0.4 is 11.1 Å². The van der Waals surface area contributed by atoms with Crippen molar-refractivity contribution in [1.29, 1.82) is 0 Å². The van der Waals surface area contributed by atoms with E-state index >= 15 is 0 Å². The number of alkyl halides is 1. The van der Waals surface area contributed by atoms with Crippen LogP contribution in [0.2, 0.25) is 0 Å². The molecular formula is C12H22FN3O2. The summed E-state index contributed by atoms with van der Waals surface area (Å²) in [4.78, 5) is 13.8. The molecule has 5 nitrogen and oxygen atoms in total. The first-order valence-electron chi connectivity index (χ1n) is 6.62. The number of piperidine rings is 1. The summed E-state index contributed by atoms with van der Waals surface area (Å²) < 4.78 is 19.3. The molecule has 2 saturated heterocycles. The Hall–Kier alpha value is -0.720. The van der Waals surface area contributed by atoms with Crippen molar-refractivity contribution in [2.24, 2.45) is 5.73 Å². The van der Waals surface area contributed by atoms with Gasteiger partial charge in [-0.15, -0.1) is 0 Å². The molecule has 0 aromatic carbocycles. The van der Waals surface area contributed by atoms with Crippen LogP contribution in [-0.4, -0.2) is 61.4 Å². The molecule has 0 saturated carbocycles. The molecule has 0 aliphatic carbocycles. The molecule has 0 spiro atoms. The third-order valence-corrected chi connectivity index (χ3v) is 3.53. The number of likely N-dealkylation sites (tertiary alicyclic amines) is 1. The van der Waals surface area contributed by atoms with Crippen LogP contribution in [0.5, 0.6) is 0 Å². The molecule has 0 aromatic heterocycles. The highest BCUT2D eigenvalue weighted by molar-refractivity contribution is 5.83. The second-order valence-electron chi connectivity index (χ2n) is 5.20. The summed E-state index contributed by atoms with van der Waals surface area (Å²) in [7, 11) is 0. The van der Waals surface area contributed by atoms with Gasteiger partial charge in [0, 0.05) is 25.6 Å². The fourth-order valence-corrected chi connectivity index (χ4v) is 2.58. The lowest BCUT2D eigenvalue weighted by atomic mass is 10.0. The van der Waals surface area contributed by atoms with Crippen LogP contribution >= 0.6 is 0 Å². The van der Waals surface area contributed by atoms with E-state index in [-0.39, 0.29) is 18.0 Å². The highest BCUT2D eigenvalue weighted by Gasteiger charge is 2.40. The van der Waals surface area contributed by atoms with Crippen molar-refractivity contribution < 1.29 is 13.9 Å². The van der Waals surface area contributed by atoms with Crippen LogP contribution in [0, 0.1) is 0 Å². The maximum absolute atomic E-state index is 13.8. The predicted molar refractivity (Wildman–Crippen MR) is 65.9 cm³/mol.